The summed E-state index contributed by atoms with van der Waals surface area (Å²) in [5.41, 5.74) is 3.07. The molecule has 3 aromatic rings. The van der Waals surface area contributed by atoms with E-state index in [0.717, 1.165) is 41.0 Å². The Kier molecular flexibility index (Phi) is 6.80. The van der Waals surface area contributed by atoms with Gasteiger partial charge >= 0.3 is 0 Å². The molecule has 0 radical (unpaired) electrons. The Labute approximate surface area is 162 Å². The molecule has 0 aliphatic rings. The number of guanidine groups is 1. The molecule has 0 saturated carbocycles. The zero-order chi connectivity index (χ0) is 16.9. The van der Waals surface area contributed by atoms with Crippen LogP contribution in [0.2, 0.25) is 0 Å². The Morgan fingerprint density at radius 1 is 1.36 bits per heavy atom. The average Bonchev–Trinajstić information content (AvgIpc) is 3.16. The van der Waals surface area contributed by atoms with E-state index < -0.39 is 0 Å². The number of aliphatic imine (C=N–C) groups is 1. The van der Waals surface area contributed by atoms with Crippen molar-refractivity contribution in [1.29, 1.82) is 0 Å². The predicted octanol–water partition coefficient (Wildman–Crippen LogP) is 2.57. The van der Waals surface area contributed by atoms with Gasteiger partial charge < -0.3 is 15.6 Å². The summed E-state index contributed by atoms with van der Waals surface area (Å²) in [7, 11) is 3.64. The van der Waals surface area contributed by atoms with Crippen LogP contribution in [0.1, 0.15) is 11.1 Å². The van der Waals surface area contributed by atoms with E-state index in [0.29, 0.717) is 6.54 Å². The highest BCUT2D eigenvalue weighted by Crippen LogP contribution is 2.19. The Morgan fingerprint density at radius 3 is 2.92 bits per heavy atom. The molecule has 2 aromatic heterocycles. The minimum absolute atomic E-state index is 0. The number of nitrogens with zero attached hydrogens (tertiary/aromatic N) is 3. The lowest BCUT2D eigenvalue weighted by Crippen LogP contribution is -2.37. The highest BCUT2D eigenvalue weighted by atomic mass is 127. The summed E-state index contributed by atoms with van der Waals surface area (Å²) in [6.07, 6.45) is 6.54. The smallest absolute Gasteiger partial charge is 0.191 e. The second-order valence-corrected chi connectivity index (χ2v) is 5.63. The van der Waals surface area contributed by atoms with E-state index in [1.165, 1.54) is 12.1 Å². The molecule has 0 fully saturated rings. The van der Waals surface area contributed by atoms with Gasteiger partial charge in [0.1, 0.15) is 5.82 Å². The Balaban J connectivity index is 0.00000225. The molecule has 8 heteroatoms. The number of benzene rings is 1. The molecule has 0 unspecified atom stereocenters. The van der Waals surface area contributed by atoms with Crippen molar-refractivity contribution in [2.45, 2.75) is 13.0 Å². The number of halogens is 2. The summed E-state index contributed by atoms with van der Waals surface area (Å²) in [5.74, 6) is 0.513. The summed E-state index contributed by atoms with van der Waals surface area (Å²) >= 11 is 0. The predicted molar refractivity (Wildman–Crippen MR) is 109 cm³/mol. The number of hydrogen-bond donors (Lipinski definition) is 3. The minimum Gasteiger partial charge on any atom is -0.361 e. The Bertz CT molecular complexity index is 854. The van der Waals surface area contributed by atoms with Crippen LogP contribution in [0, 0.1) is 5.82 Å². The summed E-state index contributed by atoms with van der Waals surface area (Å²) in [4.78, 5) is 7.32. The summed E-state index contributed by atoms with van der Waals surface area (Å²) in [6.45, 7) is 1.40. The number of nitrogens with one attached hydrogen (secondary N) is 3. The lowest BCUT2D eigenvalue weighted by Gasteiger charge is -2.10. The number of hydrogen-bond acceptors (Lipinski definition) is 2. The molecule has 0 bridgehead atoms. The summed E-state index contributed by atoms with van der Waals surface area (Å²) in [6, 6.07) is 4.81. The van der Waals surface area contributed by atoms with Crippen molar-refractivity contribution >= 4 is 40.8 Å². The van der Waals surface area contributed by atoms with Crippen molar-refractivity contribution in [2.75, 3.05) is 13.6 Å². The van der Waals surface area contributed by atoms with E-state index in [1.54, 1.807) is 11.7 Å². The normalized spacial score (nSPS) is 11.4. The number of rotatable bonds is 5. The van der Waals surface area contributed by atoms with Crippen molar-refractivity contribution in [2.24, 2.45) is 12.0 Å². The van der Waals surface area contributed by atoms with Gasteiger partial charge in [-0.05, 0) is 30.2 Å². The van der Waals surface area contributed by atoms with Crippen LogP contribution in [-0.2, 0) is 20.0 Å². The largest absolute Gasteiger partial charge is 0.361 e. The van der Waals surface area contributed by atoms with Crippen LogP contribution < -0.4 is 10.6 Å². The first-order valence-corrected chi connectivity index (χ1v) is 7.83. The van der Waals surface area contributed by atoms with Gasteiger partial charge in [0.05, 0.1) is 6.20 Å². The molecule has 25 heavy (non-hydrogen) atoms. The molecular formula is C17H22FIN6. The molecule has 0 aliphatic heterocycles. The number of aryl methyl sites for hydroxylation is 1. The van der Waals surface area contributed by atoms with Crippen molar-refractivity contribution < 1.29 is 4.39 Å². The zero-order valence-electron chi connectivity index (χ0n) is 14.2. The van der Waals surface area contributed by atoms with E-state index in [-0.39, 0.29) is 29.8 Å². The SMILES string of the molecule is CN=C(NCCc1c[nH]c2cc(F)ccc12)NCc1cnn(C)c1.I. The van der Waals surface area contributed by atoms with Gasteiger partial charge in [0, 0.05) is 56.0 Å². The third kappa shape index (κ3) is 4.94. The van der Waals surface area contributed by atoms with Crippen molar-refractivity contribution in [1.82, 2.24) is 25.4 Å². The van der Waals surface area contributed by atoms with Gasteiger partial charge in [0.15, 0.2) is 5.96 Å². The van der Waals surface area contributed by atoms with Gasteiger partial charge in [-0.15, -0.1) is 24.0 Å². The molecular weight excluding hydrogens is 434 g/mol. The van der Waals surface area contributed by atoms with Gasteiger partial charge in [-0.3, -0.25) is 9.67 Å². The van der Waals surface area contributed by atoms with Crippen LogP contribution in [0.3, 0.4) is 0 Å². The number of aromatic nitrogens is 3. The minimum atomic E-state index is -0.228. The third-order valence-corrected chi connectivity index (χ3v) is 3.86. The molecule has 3 N–H and O–H groups in total. The molecule has 0 spiro atoms. The maximum Gasteiger partial charge on any atom is 0.191 e. The molecule has 0 amide bonds. The fraction of sp³-hybridized carbons (Fsp3) is 0.294. The topological polar surface area (TPSA) is 70.0 Å². The van der Waals surface area contributed by atoms with Crippen LogP contribution in [0.4, 0.5) is 4.39 Å². The second-order valence-electron chi connectivity index (χ2n) is 5.63. The molecule has 0 saturated heterocycles. The molecule has 134 valence electrons. The summed E-state index contributed by atoms with van der Waals surface area (Å²) in [5, 5.41) is 11.7. The highest BCUT2D eigenvalue weighted by Gasteiger charge is 2.05. The van der Waals surface area contributed by atoms with Gasteiger partial charge in [-0.2, -0.15) is 5.10 Å². The first-order chi connectivity index (χ1) is 11.7. The maximum absolute atomic E-state index is 13.2. The van der Waals surface area contributed by atoms with Gasteiger partial charge in [0.2, 0.25) is 0 Å². The van der Waals surface area contributed by atoms with Crippen LogP contribution in [-0.4, -0.2) is 34.3 Å². The molecule has 2 heterocycles. The monoisotopic (exact) mass is 456 g/mol. The zero-order valence-corrected chi connectivity index (χ0v) is 16.5. The number of H-pyrrole nitrogens is 1. The fourth-order valence-corrected chi connectivity index (χ4v) is 2.65. The maximum atomic E-state index is 13.2. The van der Waals surface area contributed by atoms with E-state index in [4.69, 9.17) is 0 Å². The van der Waals surface area contributed by atoms with E-state index in [9.17, 15) is 4.39 Å². The Morgan fingerprint density at radius 2 is 2.20 bits per heavy atom. The average molecular weight is 456 g/mol. The van der Waals surface area contributed by atoms with Crippen LogP contribution in [0.5, 0.6) is 0 Å². The Hall–Kier alpha value is -2.10. The molecule has 6 nitrogen and oxygen atoms in total. The van der Waals surface area contributed by atoms with Crippen molar-refractivity contribution in [3.05, 3.63) is 53.7 Å². The molecule has 0 aliphatic carbocycles. The highest BCUT2D eigenvalue weighted by molar-refractivity contribution is 14.0. The van der Waals surface area contributed by atoms with Gasteiger partial charge in [0.25, 0.3) is 0 Å². The lowest BCUT2D eigenvalue weighted by atomic mass is 10.1. The van der Waals surface area contributed by atoms with Crippen LogP contribution in [0.25, 0.3) is 10.9 Å². The first-order valence-electron chi connectivity index (χ1n) is 7.83. The van der Waals surface area contributed by atoms with Crippen molar-refractivity contribution in [3.63, 3.8) is 0 Å². The molecule has 1 aromatic carbocycles. The van der Waals surface area contributed by atoms with Gasteiger partial charge in [-0.25, -0.2) is 4.39 Å². The molecule has 0 atom stereocenters. The van der Waals surface area contributed by atoms with E-state index in [1.807, 2.05) is 31.7 Å². The number of fused-ring (bicyclic) bond motifs is 1. The third-order valence-electron chi connectivity index (χ3n) is 3.86. The molecule has 3 rings (SSSR count). The second kappa shape index (κ2) is 8.84. The lowest BCUT2D eigenvalue weighted by molar-refractivity contribution is 0.629. The van der Waals surface area contributed by atoms with Crippen molar-refractivity contribution in [3.8, 4) is 0 Å². The van der Waals surface area contributed by atoms with E-state index >= 15 is 0 Å². The van der Waals surface area contributed by atoms with E-state index in [2.05, 4.69) is 25.7 Å². The number of aromatic amines is 1. The first kappa shape index (κ1) is 19.2. The summed E-state index contributed by atoms with van der Waals surface area (Å²) < 4.78 is 15.0. The van der Waals surface area contributed by atoms with Gasteiger partial charge in [-0.1, -0.05) is 0 Å². The van der Waals surface area contributed by atoms with Crippen LogP contribution in [0.15, 0.2) is 41.8 Å². The quantitative estimate of drug-likeness (QED) is 0.314. The standard InChI is InChI=1S/C17H21FN6.HI/c1-19-17(22-8-12-9-23-24(2)11-12)20-6-5-13-10-21-16-7-14(18)3-4-15(13)16;/h3-4,7,9-11,21H,5-6,8H2,1-2H3,(H2,19,20,22);1H. The fourth-order valence-electron chi connectivity index (χ4n) is 2.65. The van der Waals surface area contributed by atoms with Crippen LogP contribution >= 0.6 is 24.0 Å².